The molecule has 1 amide bonds. The molecule has 3 aromatic rings. The lowest BCUT2D eigenvalue weighted by Gasteiger charge is -2.21. The molecule has 0 aliphatic heterocycles. The van der Waals surface area contributed by atoms with Crippen molar-refractivity contribution in [3.05, 3.63) is 83.9 Å². The minimum Gasteiger partial charge on any atom is -0.367 e. The van der Waals surface area contributed by atoms with Crippen molar-refractivity contribution in [2.75, 3.05) is 7.11 Å². The lowest BCUT2D eigenvalue weighted by molar-refractivity contribution is -0.132. The van der Waals surface area contributed by atoms with Crippen LogP contribution in [0, 0.1) is 0 Å². The van der Waals surface area contributed by atoms with E-state index in [-0.39, 0.29) is 11.9 Å². The molecule has 0 bridgehead atoms. The highest BCUT2D eigenvalue weighted by atomic mass is 16.5. The SMILES string of the molecule is COC(C(=O)N[C@H](C)c1cccc2ccccc12)c1ccccc1. The van der Waals surface area contributed by atoms with Gasteiger partial charge in [-0.1, -0.05) is 72.8 Å². The summed E-state index contributed by atoms with van der Waals surface area (Å²) in [6, 6.07) is 23.8. The molecule has 24 heavy (non-hydrogen) atoms. The predicted molar refractivity (Wildman–Crippen MR) is 96.7 cm³/mol. The van der Waals surface area contributed by atoms with Gasteiger partial charge < -0.3 is 10.1 Å². The second kappa shape index (κ2) is 7.28. The fourth-order valence-electron chi connectivity index (χ4n) is 3.02. The fraction of sp³-hybridized carbons (Fsp3) is 0.190. The molecule has 122 valence electrons. The summed E-state index contributed by atoms with van der Waals surface area (Å²) in [5.41, 5.74) is 1.95. The van der Waals surface area contributed by atoms with Crippen molar-refractivity contribution in [2.24, 2.45) is 0 Å². The Hall–Kier alpha value is -2.65. The maximum absolute atomic E-state index is 12.7. The third-order valence-corrected chi connectivity index (χ3v) is 4.22. The van der Waals surface area contributed by atoms with Crippen LogP contribution in [0.25, 0.3) is 10.8 Å². The Morgan fingerprint density at radius 2 is 1.58 bits per heavy atom. The number of carbonyl (C=O) groups is 1. The number of hydrogen-bond acceptors (Lipinski definition) is 2. The number of nitrogens with one attached hydrogen (secondary N) is 1. The smallest absolute Gasteiger partial charge is 0.254 e. The molecule has 1 N–H and O–H groups in total. The minimum atomic E-state index is -0.608. The van der Waals surface area contributed by atoms with Gasteiger partial charge in [-0.25, -0.2) is 0 Å². The standard InChI is InChI=1S/C21H21NO2/c1-15(18-14-8-12-16-9-6-7-13-19(16)18)22-21(23)20(24-2)17-10-4-3-5-11-17/h3-15,20H,1-2H3,(H,22,23)/t15-,20?/m1/s1. The summed E-state index contributed by atoms with van der Waals surface area (Å²) in [7, 11) is 1.56. The topological polar surface area (TPSA) is 38.3 Å². The maximum Gasteiger partial charge on any atom is 0.254 e. The molecule has 3 nitrogen and oxygen atoms in total. The molecule has 3 heteroatoms. The number of rotatable bonds is 5. The molecule has 0 radical (unpaired) electrons. The molecule has 1 unspecified atom stereocenters. The van der Waals surface area contributed by atoms with Crippen molar-refractivity contribution in [1.29, 1.82) is 0 Å². The van der Waals surface area contributed by atoms with Crippen LogP contribution in [0.15, 0.2) is 72.8 Å². The zero-order valence-corrected chi connectivity index (χ0v) is 13.9. The molecule has 0 aromatic heterocycles. The highest BCUT2D eigenvalue weighted by Gasteiger charge is 2.22. The molecular formula is C21H21NO2. The highest BCUT2D eigenvalue weighted by Crippen LogP contribution is 2.25. The Morgan fingerprint density at radius 1 is 0.917 bits per heavy atom. The third-order valence-electron chi connectivity index (χ3n) is 4.22. The number of methoxy groups -OCH3 is 1. The first-order valence-electron chi connectivity index (χ1n) is 8.06. The van der Waals surface area contributed by atoms with E-state index in [9.17, 15) is 4.79 Å². The predicted octanol–water partition coefficient (Wildman–Crippen LogP) is 4.40. The summed E-state index contributed by atoms with van der Waals surface area (Å²) in [5, 5.41) is 5.40. The van der Waals surface area contributed by atoms with E-state index in [4.69, 9.17) is 4.74 Å². The van der Waals surface area contributed by atoms with E-state index in [0.29, 0.717) is 0 Å². The summed E-state index contributed by atoms with van der Waals surface area (Å²) in [6.07, 6.45) is -0.608. The van der Waals surface area contributed by atoms with Crippen LogP contribution in [-0.2, 0) is 9.53 Å². The maximum atomic E-state index is 12.7. The Kier molecular flexibility index (Phi) is 4.92. The Labute approximate surface area is 142 Å². The van der Waals surface area contributed by atoms with E-state index in [2.05, 4.69) is 29.6 Å². The van der Waals surface area contributed by atoms with Crippen LogP contribution in [0.5, 0.6) is 0 Å². The van der Waals surface area contributed by atoms with Gasteiger partial charge in [0.25, 0.3) is 5.91 Å². The number of hydrogen-bond donors (Lipinski definition) is 1. The average Bonchev–Trinajstić information content (AvgIpc) is 2.62. The first kappa shape index (κ1) is 16.2. The molecule has 0 aliphatic carbocycles. The van der Waals surface area contributed by atoms with Crippen LogP contribution in [-0.4, -0.2) is 13.0 Å². The molecule has 0 saturated carbocycles. The van der Waals surface area contributed by atoms with E-state index < -0.39 is 6.10 Å². The molecule has 0 heterocycles. The van der Waals surface area contributed by atoms with Crippen LogP contribution in [0.3, 0.4) is 0 Å². The minimum absolute atomic E-state index is 0.107. The van der Waals surface area contributed by atoms with Crippen LogP contribution in [0.2, 0.25) is 0 Å². The Bertz CT molecular complexity index is 824. The summed E-state index contributed by atoms with van der Waals surface area (Å²) < 4.78 is 5.41. The number of ether oxygens (including phenoxy) is 1. The van der Waals surface area contributed by atoms with Crippen molar-refractivity contribution < 1.29 is 9.53 Å². The lowest BCUT2D eigenvalue weighted by Crippen LogP contribution is -2.32. The zero-order chi connectivity index (χ0) is 16.9. The molecule has 0 spiro atoms. The van der Waals surface area contributed by atoms with Gasteiger partial charge >= 0.3 is 0 Å². The van der Waals surface area contributed by atoms with Gasteiger partial charge in [-0.3, -0.25) is 4.79 Å². The number of benzene rings is 3. The fourth-order valence-corrected chi connectivity index (χ4v) is 3.02. The van der Waals surface area contributed by atoms with Crippen LogP contribution < -0.4 is 5.32 Å². The zero-order valence-electron chi connectivity index (χ0n) is 13.9. The molecule has 0 saturated heterocycles. The van der Waals surface area contributed by atoms with Gasteiger partial charge in [0.2, 0.25) is 0 Å². The second-order valence-electron chi connectivity index (χ2n) is 5.83. The highest BCUT2D eigenvalue weighted by molar-refractivity contribution is 5.87. The van der Waals surface area contributed by atoms with E-state index in [1.807, 2.05) is 55.5 Å². The summed E-state index contributed by atoms with van der Waals surface area (Å²) in [5.74, 6) is -0.135. The van der Waals surface area contributed by atoms with Crippen molar-refractivity contribution >= 4 is 16.7 Å². The Morgan fingerprint density at radius 3 is 2.33 bits per heavy atom. The van der Waals surface area contributed by atoms with Gasteiger partial charge in [0.05, 0.1) is 6.04 Å². The first-order chi connectivity index (χ1) is 11.7. The number of fused-ring (bicyclic) bond motifs is 1. The van der Waals surface area contributed by atoms with Crippen molar-refractivity contribution in [3.8, 4) is 0 Å². The van der Waals surface area contributed by atoms with E-state index >= 15 is 0 Å². The van der Waals surface area contributed by atoms with Crippen molar-refractivity contribution in [1.82, 2.24) is 5.32 Å². The first-order valence-corrected chi connectivity index (χ1v) is 8.06. The number of carbonyl (C=O) groups excluding carboxylic acids is 1. The van der Waals surface area contributed by atoms with Gasteiger partial charge in [0.15, 0.2) is 6.10 Å². The van der Waals surface area contributed by atoms with Gasteiger partial charge in [-0.15, -0.1) is 0 Å². The van der Waals surface area contributed by atoms with Gasteiger partial charge in [0.1, 0.15) is 0 Å². The molecule has 3 aromatic carbocycles. The molecule has 3 rings (SSSR count). The molecule has 0 fully saturated rings. The van der Waals surface area contributed by atoms with Gasteiger partial charge in [0, 0.05) is 7.11 Å². The monoisotopic (exact) mass is 319 g/mol. The van der Waals surface area contributed by atoms with Gasteiger partial charge in [-0.05, 0) is 28.8 Å². The molecule has 0 aliphatic rings. The van der Waals surface area contributed by atoms with E-state index in [1.54, 1.807) is 7.11 Å². The summed E-state index contributed by atoms with van der Waals surface area (Å²) in [4.78, 5) is 12.7. The molecular weight excluding hydrogens is 298 g/mol. The van der Waals surface area contributed by atoms with Crippen LogP contribution in [0.4, 0.5) is 0 Å². The van der Waals surface area contributed by atoms with E-state index in [1.165, 1.54) is 5.39 Å². The summed E-state index contributed by atoms with van der Waals surface area (Å²) in [6.45, 7) is 2.00. The van der Waals surface area contributed by atoms with Crippen molar-refractivity contribution in [3.63, 3.8) is 0 Å². The lowest BCUT2D eigenvalue weighted by atomic mass is 9.99. The second-order valence-corrected chi connectivity index (χ2v) is 5.83. The van der Waals surface area contributed by atoms with E-state index in [0.717, 1.165) is 16.5 Å². The third kappa shape index (κ3) is 3.31. The average molecular weight is 319 g/mol. The van der Waals surface area contributed by atoms with Crippen LogP contribution >= 0.6 is 0 Å². The van der Waals surface area contributed by atoms with Crippen molar-refractivity contribution in [2.45, 2.75) is 19.1 Å². The quantitative estimate of drug-likeness (QED) is 0.757. The number of amides is 1. The normalized spacial score (nSPS) is 13.4. The Balaban J connectivity index is 1.83. The largest absolute Gasteiger partial charge is 0.367 e. The molecule has 2 atom stereocenters. The van der Waals surface area contributed by atoms with Gasteiger partial charge in [-0.2, -0.15) is 0 Å². The summed E-state index contributed by atoms with van der Waals surface area (Å²) >= 11 is 0. The van der Waals surface area contributed by atoms with Crippen LogP contribution in [0.1, 0.15) is 30.2 Å².